The predicted octanol–water partition coefficient (Wildman–Crippen LogP) is 3.82. The van der Waals surface area contributed by atoms with Crippen LogP contribution in [0.1, 0.15) is 52.4 Å². The van der Waals surface area contributed by atoms with Gasteiger partial charge < -0.3 is 10.2 Å². The standard InChI is InChI=1S/C15H29F3N2/c1-4-9-19-13-7-6-12(5-2)11-14(13)20(3)10-8-15(16,17)18/h12-14,19H,4-11H2,1-3H3. The monoisotopic (exact) mass is 294 g/mol. The van der Waals surface area contributed by atoms with Gasteiger partial charge >= 0.3 is 6.18 Å². The highest BCUT2D eigenvalue weighted by Gasteiger charge is 2.34. The molecule has 0 aromatic carbocycles. The Balaban J connectivity index is 2.57. The third-order valence-electron chi connectivity index (χ3n) is 4.47. The van der Waals surface area contributed by atoms with Gasteiger partial charge in [-0.05, 0) is 45.2 Å². The molecule has 3 unspecified atom stereocenters. The molecular formula is C15H29F3N2. The fourth-order valence-corrected chi connectivity index (χ4v) is 3.13. The van der Waals surface area contributed by atoms with Crippen molar-refractivity contribution in [3.8, 4) is 0 Å². The summed E-state index contributed by atoms with van der Waals surface area (Å²) in [5.74, 6) is 0.660. The topological polar surface area (TPSA) is 15.3 Å². The summed E-state index contributed by atoms with van der Waals surface area (Å²) in [6, 6.07) is 0.582. The van der Waals surface area contributed by atoms with Crippen LogP contribution in [0.25, 0.3) is 0 Å². The lowest BCUT2D eigenvalue weighted by Crippen LogP contribution is -2.52. The van der Waals surface area contributed by atoms with Gasteiger partial charge in [-0.2, -0.15) is 13.2 Å². The van der Waals surface area contributed by atoms with Gasteiger partial charge in [0.25, 0.3) is 0 Å². The van der Waals surface area contributed by atoms with Crippen molar-refractivity contribution in [3.63, 3.8) is 0 Å². The molecule has 0 bridgehead atoms. The van der Waals surface area contributed by atoms with Crippen molar-refractivity contribution in [2.45, 2.75) is 70.6 Å². The molecule has 1 N–H and O–H groups in total. The van der Waals surface area contributed by atoms with E-state index in [4.69, 9.17) is 0 Å². The third kappa shape index (κ3) is 6.00. The molecule has 0 aromatic rings. The Bertz CT molecular complexity index is 268. The van der Waals surface area contributed by atoms with Gasteiger partial charge in [-0.15, -0.1) is 0 Å². The van der Waals surface area contributed by atoms with Gasteiger partial charge in [0, 0.05) is 18.6 Å². The maximum atomic E-state index is 12.4. The van der Waals surface area contributed by atoms with Crippen molar-refractivity contribution in [3.05, 3.63) is 0 Å². The average Bonchev–Trinajstić information content (AvgIpc) is 2.41. The summed E-state index contributed by atoms with van der Waals surface area (Å²) < 4.78 is 37.2. The van der Waals surface area contributed by atoms with Crippen molar-refractivity contribution in [2.75, 3.05) is 20.1 Å². The molecule has 5 heteroatoms. The minimum Gasteiger partial charge on any atom is -0.312 e. The fourth-order valence-electron chi connectivity index (χ4n) is 3.13. The molecule has 3 atom stereocenters. The van der Waals surface area contributed by atoms with Crippen molar-refractivity contribution < 1.29 is 13.2 Å². The van der Waals surface area contributed by atoms with E-state index in [1.165, 1.54) is 6.42 Å². The summed E-state index contributed by atoms with van der Waals surface area (Å²) in [5, 5.41) is 3.52. The summed E-state index contributed by atoms with van der Waals surface area (Å²) in [7, 11) is 1.84. The molecule has 20 heavy (non-hydrogen) atoms. The second kappa shape index (κ2) is 8.23. The zero-order valence-corrected chi connectivity index (χ0v) is 13.0. The first kappa shape index (κ1) is 17.8. The van der Waals surface area contributed by atoms with E-state index < -0.39 is 12.6 Å². The molecule has 0 spiro atoms. The van der Waals surface area contributed by atoms with Crippen molar-refractivity contribution in [2.24, 2.45) is 5.92 Å². The lowest BCUT2D eigenvalue weighted by Gasteiger charge is -2.41. The number of rotatable bonds is 7. The molecule has 0 amide bonds. The van der Waals surface area contributed by atoms with Gasteiger partial charge in [0.05, 0.1) is 6.42 Å². The summed E-state index contributed by atoms with van der Waals surface area (Å²) in [5.41, 5.74) is 0. The van der Waals surface area contributed by atoms with E-state index in [0.717, 1.165) is 32.2 Å². The first-order chi connectivity index (χ1) is 9.37. The number of hydrogen-bond acceptors (Lipinski definition) is 2. The predicted molar refractivity (Wildman–Crippen MR) is 76.8 cm³/mol. The third-order valence-corrected chi connectivity index (χ3v) is 4.47. The molecule has 1 aliphatic rings. The van der Waals surface area contributed by atoms with Crippen LogP contribution in [0, 0.1) is 5.92 Å². The normalized spacial score (nSPS) is 28.1. The molecule has 0 heterocycles. The smallest absolute Gasteiger partial charge is 0.312 e. The Morgan fingerprint density at radius 3 is 2.45 bits per heavy atom. The molecule has 1 aliphatic carbocycles. The van der Waals surface area contributed by atoms with Gasteiger partial charge in [-0.25, -0.2) is 0 Å². The number of likely N-dealkylation sites (N-methyl/N-ethyl adjacent to an activating group) is 1. The minimum absolute atomic E-state index is 0.106. The van der Waals surface area contributed by atoms with Crippen molar-refractivity contribution in [1.29, 1.82) is 0 Å². The van der Waals surface area contributed by atoms with Crippen LogP contribution >= 0.6 is 0 Å². The highest BCUT2D eigenvalue weighted by molar-refractivity contribution is 4.90. The highest BCUT2D eigenvalue weighted by Crippen LogP contribution is 2.30. The molecule has 120 valence electrons. The molecule has 2 nitrogen and oxygen atoms in total. The van der Waals surface area contributed by atoms with Gasteiger partial charge in [0.15, 0.2) is 0 Å². The van der Waals surface area contributed by atoms with Crippen LogP contribution in [0.15, 0.2) is 0 Å². The summed E-state index contributed by atoms with van der Waals surface area (Å²) in [6.07, 6.45) is 0.723. The number of halogens is 3. The van der Waals surface area contributed by atoms with Crippen LogP contribution in [0.3, 0.4) is 0 Å². The van der Waals surface area contributed by atoms with E-state index in [1.807, 2.05) is 11.9 Å². The van der Waals surface area contributed by atoms with Crippen LogP contribution in [-0.2, 0) is 0 Å². The van der Waals surface area contributed by atoms with Crippen LogP contribution in [0.4, 0.5) is 13.2 Å². The van der Waals surface area contributed by atoms with E-state index in [9.17, 15) is 13.2 Å². The Hall–Kier alpha value is -0.290. The van der Waals surface area contributed by atoms with Crippen LogP contribution in [0.5, 0.6) is 0 Å². The number of alkyl halides is 3. The average molecular weight is 294 g/mol. The zero-order chi connectivity index (χ0) is 15.2. The maximum Gasteiger partial charge on any atom is 0.390 e. The van der Waals surface area contributed by atoms with E-state index in [0.29, 0.717) is 12.0 Å². The lowest BCUT2D eigenvalue weighted by molar-refractivity contribution is -0.139. The highest BCUT2D eigenvalue weighted by atomic mass is 19.4. The molecule has 0 saturated heterocycles. The minimum atomic E-state index is -4.06. The number of nitrogens with zero attached hydrogens (tertiary/aromatic N) is 1. The largest absolute Gasteiger partial charge is 0.390 e. The van der Waals surface area contributed by atoms with Crippen LogP contribution in [-0.4, -0.2) is 43.3 Å². The number of nitrogens with one attached hydrogen (secondary N) is 1. The van der Waals surface area contributed by atoms with E-state index in [1.54, 1.807) is 0 Å². The fraction of sp³-hybridized carbons (Fsp3) is 1.00. The quantitative estimate of drug-likeness (QED) is 0.768. The number of hydrogen-bond donors (Lipinski definition) is 1. The maximum absolute atomic E-state index is 12.4. The summed E-state index contributed by atoms with van der Waals surface area (Å²) in [4.78, 5) is 1.92. The molecule has 0 aromatic heterocycles. The molecule has 0 aliphatic heterocycles. The van der Waals surface area contributed by atoms with Crippen LogP contribution < -0.4 is 5.32 Å². The second-order valence-electron chi connectivity index (χ2n) is 6.06. The molecule has 1 saturated carbocycles. The van der Waals surface area contributed by atoms with E-state index in [2.05, 4.69) is 19.2 Å². The Morgan fingerprint density at radius 2 is 1.90 bits per heavy atom. The van der Waals surface area contributed by atoms with Gasteiger partial charge in [-0.1, -0.05) is 20.3 Å². The summed E-state index contributed by atoms with van der Waals surface area (Å²) in [6.45, 7) is 5.35. The Morgan fingerprint density at radius 1 is 1.20 bits per heavy atom. The Labute approximate surface area is 121 Å². The summed E-state index contributed by atoms with van der Waals surface area (Å²) >= 11 is 0. The van der Waals surface area contributed by atoms with Crippen LogP contribution in [0.2, 0.25) is 0 Å². The molecular weight excluding hydrogens is 265 g/mol. The first-order valence-electron chi connectivity index (χ1n) is 7.87. The van der Waals surface area contributed by atoms with Crippen molar-refractivity contribution >= 4 is 0 Å². The SMILES string of the molecule is CCCNC1CCC(CC)CC1N(C)CCC(F)(F)F. The van der Waals surface area contributed by atoms with Gasteiger partial charge in [0.1, 0.15) is 0 Å². The van der Waals surface area contributed by atoms with Gasteiger partial charge in [0.2, 0.25) is 0 Å². The van der Waals surface area contributed by atoms with Gasteiger partial charge in [-0.3, -0.25) is 0 Å². The molecule has 1 fully saturated rings. The molecule has 1 rings (SSSR count). The van der Waals surface area contributed by atoms with E-state index >= 15 is 0 Å². The Kier molecular flexibility index (Phi) is 7.30. The lowest BCUT2D eigenvalue weighted by atomic mass is 9.80. The first-order valence-corrected chi connectivity index (χ1v) is 7.87. The molecule has 0 radical (unpaired) electrons. The van der Waals surface area contributed by atoms with Crippen molar-refractivity contribution in [1.82, 2.24) is 10.2 Å². The van der Waals surface area contributed by atoms with E-state index in [-0.39, 0.29) is 12.6 Å². The zero-order valence-electron chi connectivity index (χ0n) is 13.0. The second-order valence-corrected chi connectivity index (χ2v) is 6.06.